The van der Waals surface area contributed by atoms with Gasteiger partial charge in [0.25, 0.3) is 0 Å². The van der Waals surface area contributed by atoms with Crippen molar-refractivity contribution in [2.24, 2.45) is 5.92 Å². The summed E-state index contributed by atoms with van der Waals surface area (Å²) in [6, 6.07) is 15.1. The molecule has 2 aromatic carbocycles. The fraction of sp³-hybridized carbons (Fsp3) is 0.281. The molecule has 11 nitrogen and oxygen atoms in total. The number of nitrogens with two attached hydrogens (primary N) is 1. The predicted octanol–water partition coefficient (Wildman–Crippen LogP) is 5.62. The number of hydrogen-bond acceptors (Lipinski definition) is 8. The van der Waals surface area contributed by atoms with Crippen molar-refractivity contribution in [3.05, 3.63) is 83.8 Å². The molecule has 3 amide bonds. The highest BCUT2D eigenvalue weighted by atomic mass is 16.2. The van der Waals surface area contributed by atoms with Crippen LogP contribution in [0.15, 0.2) is 67.1 Å². The summed E-state index contributed by atoms with van der Waals surface area (Å²) in [5.74, 6) is 1.37. The van der Waals surface area contributed by atoms with E-state index in [1.807, 2.05) is 43.5 Å². The minimum atomic E-state index is -0.167. The molecule has 4 aromatic rings. The SMILES string of the molecule is Cc1cnc2nc1Nc1ccc(NC(=O)CC3CCN(C(=O)Nc4ccccc4N)CC3)c(c1)CCc1cncc(c1)N2. The monoisotopic (exact) mass is 577 g/mol. The van der Waals surface area contributed by atoms with E-state index in [1.165, 1.54) is 0 Å². The Kier molecular flexibility index (Phi) is 8.03. The molecule has 6 bridgehead atoms. The standard InChI is InChI=1S/C32H35N9O2/c1-20-17-35-31-37-25-14-22(18-34-19-25)6-7-23-16-24(36-30(20)40-31)8-9-27(23)38-29(42)15-21-10-12-41(13-11-21)32(43)39-28-5-3-2-4-26(28)33/h2-5,8-9,14,16-19,21H,6-7,10-13,15,33H2,1H3,(H,38,42)(H,39,43)(H2,35,36,37,40). The minimum absolute atomic E-state index is 0.0241. The minimum Gasteiger partial charge on any atom is -0.397 e. The lowest BCUT2D eigenvalue weighted by Gasteiger charge is -2.32. The maximum atomic E-state index is 13.2. The van der Waals surface area contributed by atoms with Crippen LogP contribution in [0, 0.1) is 12.8 Å². The second-order valence-electron chi connectivity index (χ2n) is 11.1. The third-order valence-corrected chi connectivity index (χ3v) is 7.93. The number of anilines is 7. The molecule has 2 aliphatic heterocycles. The maximum Gasteiger partial charge on any atom is 0.321 e. The number of rotatable bonds is 4. The summed E-state index contributed by atoms with van der Waals surface area (Å²) in [6.07, 6.45) is 8.78. The first-order valence-corrected chi connectivity index (χ1v) is 14.5. The van der Waals surface area contributed by atoms with Crippen molar-refractivity contribution >= 4 is 52.1 Å². The summed E-state index contributed by atoms with van der Waals surface area (Å²) in [5, 5.41) is 12.7. The third-order valence-electron chi connectivity index (χ3n) is 7.93. The number of piperidine rings is 1. The molecule has 0 unspecified atom stereocenters. The average Bonchev–Trinajstić information content (AvgIpc) is 3.00. The van der Waals surface area contributed by atoms with Crippen LogP contribution in [-0.2, 0) is 17.6 Å². The number of benzene rings is 2. The van der Waals surface area contributed by atoms with Crippen LogP contribution in [0.4, 0.5) is 45.0 Å². The quantitative estimate of drug-likeness (QED) is 0.196. The van der Waals surface area contributed by atoms with Gasteiger partial charge < -0.3 is 31.9 Å². The van der Waals surface area contributed by atoms with Gasteiger partial charge >= 0.3 is 6.03 Å². The van der Waals surface area contributed by atoms with Gasteiger partial charge in [-0.05, 0) is 86.1 Å². The number of carbonyl (C=O) groups excluding carboxylic acids is 2. The van der Waals surface area contributed by atoms with E-state index < -0.39 is 0 Å². The second-order valence-corrected chi connectivity index (χ2v) is 11.1. The number of hydrogen-bond donors (Lipinski definition) is 5. The molecule has 11 heteroatoms. The summed E-state index contributed by atoms with van der Waals surface area (Å²) in [6.45, 7) is 3.14. The van der Waals surface area contributed by atoms with Crippen molar-refractivity contribution in [1.82, 2.24) is 19.9 Å². The fourth-order valence-corrected chi connectivity index (χ4v) is 5.48. The van der Waals surface area contributed by atoms with Gasteiger partial charge in [0, 0.05) is 48.8 Å². The molecule has 2 aliphatic rings. The zero-order chi connectivity index (χ0) is 29.8. The number of likely N-dealkylation sites (tertiary alicyclic amines) is 1. The Bertz CT molecular complexity index is 1650. The molecule has 220 valence electrons. The van der Waals surface area contributed by atoms with E-state index in [2.05, 4.69) is 42.3 Å². The van der Waals surface area contributed by atoms with E-state index in [1.54, 1.807) is 29.4 Å². The number of nitrogens with one attached hydrogen (secondary N) is 4. The summed E-state index contributed by atoms with van der Waals surface area (Å²) in [5.41, 5.74) is 12.6. The van der Waals surface area contributed by atoms with Crippen LogP contribution in [0.1, 0.15) is 36.0 Å². The number of carbonyl (C=O) groups is 2. The predicted molar refractivity (Wildman–Crippen MR) is 169 cm³/mol. The largest absolute Gasteiger partial charge is 0.397 e. The molecular formula is C32H35N9O2. The van der Waals surface area contributed by atoms with Gasteiger partial charge in [-0.25, -0.2) is 9.78 Å². The number of aromatic nitrogens is 3. The number of para-hydroxylation sites is 2. The lowest BCUT2D eigenvalue weighted by molar-refractivity contribution is -0.117. The molecule has 1 saturated heterocycles. The van der Waals surface area contributed by atoms with Gasteiger partial charge in [0.05, 0.1) is 23.3 Å². The maximum absolute atomic E-state index is 13.2. The van der Waals surface area contributed by atoms with Crippen LogP contribution in [0.25, 0.3) is 0 Å². The van der Waals surface area contributed by atoms with Gasteiger partial charge in [0.2, 0.25) is 11.9 Å². The van der Waals surface area contributed by atoms with Crippen molar-refractivity contribution in [3.8, 4) is 0 Å². The Balaban J connectivity index is 1.11. The van der Waals surface area contributed by atoms with Crippen LogP contribution in [0.2, 0.25) is 0 Å². The normalized spacial score (nSPS) is 14.7. The fourth-order valence-electron chi connectivity index (χ4n) is 5.48. The molecule has 6 N–H and O–H groups in total. The molecule has 43 heavy (non-hydrogen) atoms. The Hall–Kier alpha value is -5.19. The van der Waals surface area contributed by atoms with Gasteiger partial charge in [0.1, 0.15) is 5.82 Å². The molecule has 4 heterocycles. The average molecular weight is 578 g/mol. The van der Waals surface area contributed by atoms with Gasteiger partial charge in [-0.1, -0.05) is 12.1 Å². The molecule has 1 fully saturated rings. The lowest BCUT2D eigenvalue weighted by Crippen LogP contribution is -2.41. The molecule has 0 radical (unpaired) electrons. The Morgan fingerprint density at radius 1 is 0.953 bits per heavy atom. The first-order chi connectivity index (χ1) is 20.9. The van der Waals surface area contributed by atoms with Crippen molar-refractivity contribution in [2.45, 2.75) is 39.0 Å². The highest BCUT2D eigenvalue weighted by Crippen LogP contribution is 2.29. The topological polar surface area (TPSA) is 150 Å². The number of amides is 3. The molecule has 2 aromatic heterocycles. The molecule has 0 saturated carbocycles. The molecule has 0 aliphatic carbocycles. The Morgan fingerprint density at radius 2 is 1.79 bits per heavy atom. The molecule has 0 spiro atoms. The van der Waals surface area contributed by atoms with Crippen LogP contribution in [0.3, 0.4) is 0 Å². The van der Waals surface area contributed by atoms with Crippen LogP contribution in [0.5, 0.6) is 0 Å². The van der Waals surface area contributed by atoms with Gasteiger partial charge in [-0.15, -0.1) is 0 Å². The van der Waals surface area contributed by atoms with Gasteiger partial charge in [0.15, 0.2) is 0 Å². The van der Waals surface area contributed by atoms with E-state index in [4.69, 9.17) is 5.73 Å². The van der Waals surface area contributed by atoms with Gasteiger partial charge in [-0.3, -0.25) is 9.78 Å². The lowest BCUT2D eigenvalue weighted by atomic mass is 9.93. The Morgan fingerprint density at radius 3 is 2.63 bits per heavy atom. The van der Waals surface area contributed by atoms with E-state index in [0.717, 1.165) is 59.4 Å². The van der Waals surface area contributed by atoms with Gasteiger partial charge in [-0.2, -0.15) is 4.98 Å². The number of aryl methyl sites for hydroxylation is 3. The number of urea groups is 1. The van der Waals surface area contributed by atoms with E-state index in [0.29, 0.717) is 42.7 Å². The third kappa shape index (κ3) is 6.83. The zero-order valence-electron chi connectivity index (χ0n) is 24.1. The highest BCUT2D eigenvalue weighted by molar-refractivity contribution is 5.93. The summed E-state index contributed by atoms with van der Waals surface area (Å²) >= 11 is 0. The zero-order valence-corrected chi connectivity index (χ0v) is 24.1. The van der Waals surface area contributed by atoms with E-state index in [9.17, 15) is 9.59 Å². The van der Waals surface area contributed by atoms with Crippen LogP contribution < -0.4 is 27.0 Å². The first-order valence-electron chi connectivity index (χ1n) is 14.5. The number of pyridine rings is 1. The Labute approximate surface area is 250 Å². The van der Waals surface area contributed by atoms with Crippen molar-refractivity contribution in [3.63, 3.8) is 0 Å². The molecule has 6 rings (SSSR count). The highest BCUT2D eigenvalue weighted by Gasteiger charge is 2.25. The number of fused-ring (bicyclic) bond motifs is 6. The summed E-state index contributed by atoms with van der Waals surface area (Å²) in [7, 11) is 0. The second kappa shape index (κ2) is 12.4. The van der Waals surface area contributed by atoms with Crippen molar-refractivity contribution in [1.29, 1.82) is 0 Å². The molecular weight excluding hydrogens is 542 g/mol. The number of nitrogens with zero attached hydrogens (tertiary/aromatic N) is 4. The molecule has 0 atom stereocenters. The van der Waals surface area contributed by atoms with Crippen LogP contribution >= 0.6 is 0 Å². The van der Waals surface area contributed by atoms with Crippen molar-refractivity contribution < 1.29 is 9.59 Å². The van der Waals surface area contributed by atoms with E-state index >= 15 is 0 Å². The smallest absolute Gasteiger partial charge is 0.321 e. The van der Waals surface area contributed by atoms with Crippen LogP contribution in [-0.4, -0.2) is 44.9 Å². The van der Waals surface area contributed by atoms with Crippen molar-refractivity contribution in [2.75, 3.05) is 40.1 Å². The number of nitrogen functional groups attached to an aromatic ring is 1. The first kappa shape index (κ1) is 28.0. The summed E-state index contributed by atoms with van der Waals surface area (Å²) < 4.78 is 0. The van der Waals surface area contributed by atoms with E-state index in [-0.39, 0.29) is 17.9 Å². The summed E-state index contributed by atoms with van der Waals surface area (Å²) in [4.78, 5) is 41.2.